The zero-order chi connectivity index (χ0) is 11.5. The summed E-state index contributed by atoms with van der Waals surface area (Å²) >= 11 is 6.01. The third kappa shape index (κ3) is 3.81. The van der Waals surface area contributed by atoms with Crippen LogP contribution in [0.2, 0.25) is 5.02 Å². The van der Waals surface area contributed by atoms with Gasteiger partial charge in [-0.2, -0.15) is 0 Å². The molecule has 1 saturated heterocycles. The second-order valence-corrected chi connectivity index (χ2v) is 4.67. The first-order valence-electron chi connectivity index (χ1n) is 5.55. The molecule has 2 nitrogen and oxygen atoms in total. The number of nitrogens with one attached hydrogen (secondary N) is 1. The summed E-state index contributed by atoms with van der Waals surface area (Å²) in [7, 11) is 0. The number of piperazine rings is 1. The van der Waals surface area contributed by atoms with E-state index in [1.54, 1.807) is 6.07 Å². The smallest absolute Gasteiger partial charge is 0.124 e. The van der Waals surface area contributed by atoms with E-state index in [1.165, 1.54) is 12.1 Å². The molecule has 0 spiro atoms. The third-order valence-electron chi connectivity index (χ3n) is 3.03. The van der Waals surface area contributed by atoms with Gasteiger partial charge in [0.25, 0.3) is 0 Å². The summed E-state index contributed by atoms with van der Waals surface area (Å²) in [5.74, 6) is -0.276. The summed E-state index contributed by atoms with van der Waals surface area (Å²) in [6.45, 7) is 5.99. The Hall–Kier alpha value is -0.350. The van der Waals surface area contributed by atoms with Crippen LogP contribution in [0.4, 0.5) is 4.39 Å². The van der Waals surface area contributed by atoms with Crippen molar-refractivity contribution in [3.63, 3.8) is 0 Å². The first-order chi connectivity index (χ1) is 7.66. The lowest BCUT2D eigenvalue weighted by Gasteiger charge is -2.34. The molecular formula is C12H17Cl2FN2. The highest BCUT2D eigenvalue weighted by atomic mass is 35.5. The Balaban J connectivity index is 0.00000144. The maximum absolute atomic E-state index is 12.9. The summed E-state index contributed by atoms with van der Waals surface area (Å²) in [5.41, 5.74) is 0.997. The molecule has 17 heavy (non-hydrogen) atoms. The minimum atomic E-state index is -0.276. The minimum absolute atomic E-state index is 0. The van der Waals surface area contributed by atoms with Gasteiger partial charge in [0.1, 0.15) is 5.82 Å². The lowest BCUT2D eigenvalue weighted by atomic mass is 10.1. The molecule has 0 amide bonds. The molecule has 96 valence electrons. The highest BCUT2D eigenvalue weighted by Crippen LogP contribution is 2.20. The average molecular weight is 279 g/mol. The van der Waals surface area contributed by atoms with E-state index in [0.29, 0.717) is 11.1 Å². The van der Waals surface area contributed by atoms with Gasteiger partial charge < -0.3 is 5.32 Å². The van der Waals surface area contributed by atoms with E-state index in [1.807, 2.05) is 0 Å². The molecule has 1 unspecified atom stereocenters. The van der Waals surface area contributed by atoms with Crippen molar-refractivity contribution in [2.45, 2.75) is 19.5 Å². The molecule has 0 saturated carbocycles. The predicted octanol–water partition coefficient (Wildman–Crippen LogP) is 2.69. The molecule has 0 aliphatic carbocycles. The van der Waals surface area contributed by atoms with Gasteiger partial charge in [-0.1, -0.05) is 17.7 Å². The molecule has 1 N–H and O–H groups in total. The summed E-state index contributed by atoms with van der Waals surface area (Å²) in [5, 5.41) is 3.86. The molecule has 2 rings (SSSR count). The van der Waals surface area contributed by atoms with Crippen LogP contribution in [0.25, 0.3) is 0 Å². The summed E-state index contributed by atoms with van der Waals surface area (Å²) in [4.78, 5) is 2.36. The monoisotopic (exact) mass is 278 g/mol. The molecule has 0 aromatic heterocycles. The number of benzene rings is 1. The zero-order valence-electron chi connectivity index (χ0n) is 9.75. The van der Waals surface area contributed by atoms with Crippen molar-refractivity contribution < 1.29 is 4.39 Å². The molecule has 5 heteroatoms. The van der Waals surface area contributed by atoms with Gasteiger partial charge in [-0.3, -0.25) is 4.90 Å². The molecule has 1 fully saturated rings. The van der Waals surface area contributed by atoms with Gasteiger partial charge in [0.15, 0.2) is 0 Å². The van der Waals surface area contributed by atoms with Gasteiger partial charge in [-0.25, -0.2) is 4.39 Å². The van der Waals surface area contributed by atoms with Gasteiger partial charge in [0.2, 0.25) is 0 Å². The van der Waals surface area contributed by atoms with Crippen LogP contribution in [-0.4, -0.2) is 30.6 Å². The van der Waals surface area contributed by atoms with Crippen LogP contribution in [0.3, 0.4) is 0 Å². The van der Waals surface area contributed by atoms with Gasteiger partial charge in [0.05, 0.1) is 0 Å². The number of rotatable bonds is 2. The molecule has 1 aromatic carbocycles. The Morgan fingerprint density at radius 3 is 2.94 bits per heavy atom. The van der Waals surface area contributed by atoms with Crippen molar-refractivity contribution in [2.75, 3.05) is 19.6 Å². The maximum atomic E-state index is 12.9. The summed E-state index contributed by atoms with van der Waals surface area (Å²) < 4.78 is 12.9. The number of halogens is 3. The highest BCUT2D eigenvalue weighted by Gasteiger charge is 2.18. The standard InChI is InChI=1S/C12H16ClFN2.ClH/c1-9-7-15-4-5-16(9)8-10-2-3-11(14)6-12(10)13;/h2-3,6,9,15H,4-5,7-8H2,1H3;1H. The second kappa shape index (κ2) is 6.55. The lowest BCUT2D eigenvalue weighted by molar-refractivity contribution is 0.165. The van der Waals surface area contributed by atoms with Gasteiger partial charge in [0, 0.05) is 37.2 Å². The molecule has 1 aromatic rings. The van der Waals surface area contributed by atoms with Gasteiger partial charge in [-0.05, 0) is 24.6 Å². The van der Waals surface area contributed by atoms with E-state index < -0.39 is 0 Å². The Bertz CT molecular complexity index is 374. The SMILES string of the molecule is CC1CNCCN1Cc1ccc(F)cc1Cl.Cl. The van der Waals surface area contributed by atoms with Gasteiger partial charge >= 0.3 is 0 Å². The van der Waals surface area contributed by atoms with E-state index >= 15 is 0 Å². The average Bonchev–Trinajstić information content (AvgIpc) is 2.25. The van der Waals surface area contributed by atoms with E-state index in [4.69, 9.17) is 11.6 Å². The van der Waals surface area contributed by atoms with Crippen LogP contribution in [0.1, 0.15) is 12.5 Å². The number of hydrogen-bond acceptors (Lipinski definition) is 2. The van der Waals surface area contributed by atoms with Crippen LogP contribution >= 0.6 is 24.0 Å². The Kier molecular flexibility index (Phi) is 5.67. The van der Waals surface area contributed by atoms with Crippen molar-refractivity contribution in [2.24, 2.45) is 0 Å². The molecule has 1 atom stereocenters. The molecular weight excluding hydrogens is 262 g/mol. The highest BCUT2D eigenvalue weighted by molar-refractivity contribution is 6.31. The lowest BCUT2D eigenvalue weighted by Crippen LogP contribution is -2.49. The fraction of sp³-hybridized carbons (Fsp3) is 0.500. The number of hydrogen-bond donors (Lipinski definition) is 1. The predicted molar refractivity (Wildman–Crippen MR) is 71.4 cm³/mol. The quantitative estimate of drug-likeness (QED) is 0.895. The van der Waals surface area contributed by atoms with Crippen LogP contribution in [-0.2, 0) is 6.54 Å². The van der Waals surface area contributed by atoms with E-state index in [-0.39, 0.29) is 18.2 Å². The minimum Gasteiger partial charge on any atom is -0.314 e. The van der Waals surface area contributed by atoms with Crippen molar-refractivity contribution in [3.8, 4) is 0 Å². The first kappa shape index (κ1) is 14.7. The molecule has 0 bridgehead atoms. The van der Waals surface area contributed by atoms with Crippen molar-refractivity contribution >= 4 is 24.0 Å². The first-order valence-corrected chi connectivity index (χ1v) is 5.93. The maximum Gasteiger partial charge on any atom is 0.124 e. The molecule has 0 radical (unpaired) electrons. The second-order valence-electron chi connectivity index (χ2n) is 4.26. The largest absolute Gasteiger partial charge is 0.314 e. The normalized spacial score (nSPS) is 21.0. The zero-order valence-corrected chi connectivity index (χ0v) is 11.3. The Morgan fingerprint density at radius 1 is 1.53 bits per heavy atom. The molecule has 1 heterocycles. The fourth-order valence-corrected chi connectivity index (χ4v) is 2.21. The number of nitrogens with zero attached hydrogens (tertiary/aromatic N) is 1. The van der Waals surface area contributed by atoms with Gasteiger partial charge in [-0.15, -0.1) is 12.4 Å². The van der Waals surface area contributed by atoms with Crippen molar-refractivity contribution in [3.05, 3.63) is 34.6 Å². The summed E-state index contributed by atoms with van der Waals surface area (Å²) in [6.07, 6.45) is 0. The van der Waals surface area contributed by atoms with E-state index in [0.717, 1.165) is 31.7 Å². The van der Waals surface area contributed by atoms with E-state index in [2.05, 4.69) is 17.1 Å². The molecule has 1 aliphatic rings. The topological polar surface area (TPSA) is 15.3 Å². The van der Waals surface area contributed by atoms with Crippen molar-refractivity contribution in [1.82, 2.24) is 10.2 Å². The van der Waals surface area contributed by atoms with Crippen LogP contribution in [0.5, 0.6) is 0 Å². The summed E-state index contributed by atoms with van der Waals surface area (Å²) in [6, 6.07) is 5.11. The van der Waals surface area contributed by atoms with Crippen LogP contribution < -0.4 is 5.32 Å². The van der Waals surface area contributed by atoms with Crippen LogP contribution in [0.15, 0.2) is 18.2 Å². The Labute approximate surface area is 113 Å². The Morgan fingerprint density at radius 2 is 2.29 bits per heavy atom. The molecule has 1 aliphatic heterocycles. The fourth-order valence-electron chi connectivity index (χ4n) is 1.99. The van der Waals surface area contributed by atoms with Crippen LogP contribution in [0, 0.1) is 5.82 Å². The van der Waals surface area contributed by atoms with Crippen molar-refractivity contribution in [1.29, 1.82) is 0 Å². The van der Waals surface area contributed by atoms with E-state index in [9.17, 15) is 4.39 Å². The third-order valence-corrected chi connectivity index (χ3v) is 3.38.